The Morgan fingerprint density at radius 3 is 2.36 bits per heavy atom. The van der Waals surface area contributed by atoms with Gasteiger partial charge in [-0.15, -0.1) is 0 Å². The summed E-state index contributed by atoms with van der Waals surface area (Å²) >= 11 is 1.48. The fourth-order valence-electron chi connectivity index (χ4n) is 2.87. The van der Waals surface area contributed by atoms with E-state index in [1.54, 1.807) is 17.0 Å². The van der Waals surface area contributed by atoms with Crippen LogP contribution in [0.15, 0.2) is 53.5 Å². The zero-order valence-corrected chi connectivity index (χ0v) is 17.0. The Bertz CT molecular complexity index is 900. The number of nitro benzene ring substituents is 1. The van der Waals surface area contributed by atoms with E-state index in [0.29, 0.717) is 29.6 Å². The van der Waals surface area contributed by atoms with E-state index >= 15 is 0 Å². The maximum absolute atomic E-state index is 12.9. The Kier molecular flexibility index (Phi) is 5.84. The number of hydrogen-bond acceptors (Lipinski definition) is 5. The average molecular weight is 398 g/mol. The molecule has 0 saturated heterocycles. The fraction of sp³-hybridized carbons (Fsp3) is 0.333. The molecule has 28 heavy (non-hydrogen) atoms. The third kappa shape index (κ3) is 4.59. The molecule has 3 rings (SSSR count). The summed E-state index contributed by atoms with van der Waals surface area (Å²) in [6, 6.07) is 14.2. The summed E-state index contributed by atoms with van der Waals surface area (Å²) < 4.78 is 0. The number of nitro groups is 1. The van der Waals surface area contributed by atoms with Crippen molar-refractivity contribution in [3.63, 3.8) is 0 Å². The number of rotatable bonds is 4. The number of benzene rings is 2. The number of thioether (sulfide) groups is 1. The van der Waals surface area contributed by atoms with Crippen LogP contribution in [-0.2, 0) is 11.2 Å². The van der Waals surface area contributed by atoms with Crippen molar-refractivity contribution >= 4 is 28.5 Å². The van der Waals surface area contributed by atoms with Gasteiger partial charge in [0.1, 0.15) is 0 Å². The molecule has 7 heteroatoms. The number of aliphatic imine (C=N–C) groups is 1. The van der Waals surface area contributed by atoms with E-state index in [1.165, 1.54) is 29.5 Å². The quantitative estimate of drug-likeness (QED) is 0.556. The molecule has 0 saturated carbocycles. The molecule has 0 aliphatic carbocycles. The molecule has 1 heterocycles. The minimum absolute atomic E-state index is 0.0441. The van der Waals surface area contributed by atoms with Gasteiger partial charge in [0, 0.05) is 30.0 Å². The predicted molar refractivity (Wildman–Crippen MR) is 113 cm³/mol. The molecule has 146 valence electrons. The van der Waals surface area contributed by atoms with Crippen molar-refractivity contribution in [2.24, 2.45) is 4.99 Å². The molecule has 0 atom stereocenters. The van der Waals surface area contributed by atoms with Gasteiger partial charge >= 0.3 is 0 Å². The molecule has 1 amide bonds. The first kappa shape index (κ1) is 20.1. The van der Waals surface area contributed by atoms with Gasteiger partial charge in [-0.25, -0.2) is 0 Å². The van der Waals surface area contributed by atoms with Crippen LogP contribution in [0.3, 0.4) is 0 Å². The number of nitrogens with zero attached hydrogens (tertiary/aromatic N) is 3. The molecule has 0 unspecified atom stereocenters. The highest BCUT2D eigenvalue weighted by molar-refractivity contribution is 8.13. The molecular formula is C21H23N3O3S. The Hall–Kier alpha value is -2.67. The largest absolute Gasteiger partial charge is 0.286 e. The minimum atomic E-state index is -0.413. The van der Waals surface area contributed by atoms with Crippen LogP contribution >= 0.6 is 11.8 Å². The lowest BCUT2D eigenvalue weighted by molar-refractivity contribution is -0.384. The van der Waals surface area contributed by atoms with Gasteiger partial charge in [0.05, 0.1) is 11.5 Å². The van der Waals surface area contributed by atoms with Crippen LogP contribution in [0.25, 0.3) is 0 Å². The lowest BCUT2D eigenvalue weighted by atomic mass is 9.86. The molecule has 2 aromatic carbocycles. The van der Waals surface area contributed by atoms with Gasteiger partial charge in [-0.05, 0) is 28.7 Å². The first-order valence-electron chi connectivity index (χ1n) is 9.09. The second kappa shape index (κ2) is 8.14. The predicted octanol–water partition coefficient (Wildman–Crippen LogP) is 4.64. The van der Waals surface area contributed by atoms with Gasteiger partial charge in [0.15, 0.2) is 5.17 Å². The number of hydrogen-bond donors (Lipinski definition) is 0. The maximum Gasteiger partial charge on any atom is 0.269 e. The summed E-state index contributed by atoms with van der Waals surface area (Å²) in [5, 5.41) is 11.4. The second-order valence-electron chi connectivity index (χ2n) is 7.66. The highest BCUT2D eigenvalue weighted by Gasteiger charge is 2.25. The number of non-ortho nitro benzene ring substituents is 1. The van der Waals surface area contributed by atoms with Crippen LogP contribution in [-0.4, -0.2) is 34.0 Å². The van der Waals surface area contributed by atoms with E-state index in [4.69, 9.17) is 0 Å². The Labute approximate surface area is 168 Å². The van der Waals surface area contributed by atoms with Crippen molar-refractivity contribution in [3.05, 3.63) is 75.3 Å². The summed E-state index contributed by atoms with van der Waals surface area (Å²) in [5.74, 6) is 0.553. The van der Waals surface area contributed by atoms with Crippen molar-refractivity contribution in [1.29, 1.82) is 0 Å². The molecule has 0 aromatic heterocycles. The Morgan fingerprint density at radius 2 is 1.79 bits per heavy atom. The topological polar surface area (TPSA) is 75.8 Å². The molecule has 1 aliphatic heterocycles. The zero-order chi connectivity index (χ0) is 20.3. The lowest BCUT2D eigenvalue weighted by Gasteiger charge is -2.21. The van der Waals surface area contributed by atoms with Gasteiger partial charge in [0.25, 0.3) is 11.6 Å². The number of amidine groups is 1. The van der Waals surface area contributed by atoms with E-state index in [2.05, 4.69) is 25.8 Å². The molecule has 0 bridgehead atoms. The lowest BCUT2D eigenvalue weighted by Crippen LogP contribution is -2.32. The van der Waals surface area contributed by atoms with Crippen molar-refractivity contribution in [2.45, 2.75) is 31.9 Å². The van der Waals surface area contributed by atoms with Crippen LogP contribution in [0.5, 0.6) is 0 Å². The van der Waals surface area contributed by atoms with E-state index < -0.39 is 4.92 Å². The second-order valence-corrected chi connectivity index (χ2v) is 8.60. The smallest absolute Gasteiger partial charge is 0.269 e. The van der Waals surface area contributed by atoms with Crippen molar-refractivity contribution in [3.8, 4) is 0 Å². The van der Waals surface area contributed by atoms with Crippen LogP contribution < -0.4 is 0 Å². The normalized spacial score (nSPS) is 14.1. The molecule has 0 spiro atoms. The molecule has 0 radical (unpaired) electrons. The highest BCUT2D eigenvalue weighted by Crippen LogP contribution is 2.25. The van der Waals surface area contributed by atoms with Crippen molar-refractivity contribution in [1.82, 2.24) is 4.90 Å². The summed E-state index contributed by atoms with van der Waals surface area (Å²) in [5.41, 5.74) is 2.91. The molecule has 6 nitrogen and oxygen atoms in total. The van der Waals surface area contributed by atoms with Gasteiger partial charge in [-0.2, -0.15) is 0 Å². The summed E-state index contributed by atoms with van der Waals surface area (Å²) in [7, 11) is 0. The minimum Gasteiger partial charge on any atom is -0.286 e. The Morgan fingerprint density at radius 1 is 1.14 bits per heavy atom. The Balaban J connectivity index is 1.65. The monoisotopic (exact) mass is 397 g/mol. The van der Waals surface area contributed by atoms with Gasteiger partial charge in [-0.1, -0.05) is 56.8 Å². The van der Waals surface area contributed by atoms with Crippen LogP contribution in [0.2, 0.25) is 0 Å². The standard InChI is InChI=1S/C21H23N3O3S/c1-21(2,3)17-8-6-16(7-9-17)19(25)23-13-12-22-20(23)28-14-15-4-10-18(11-5-15)24(26)27/h4-11H,12-14H2,1-3H3. The highest BCUT2D eigenvalue weighted by atomic mass is 32.2. The van der Waals surface area contributed by atoms with E-state index in [-0.39, 0.29) is 17.0 Å². The van der Waals surface area contributed by atoms with E-state index in [0.717, 1.165) is 5.56 Å². The first-order chi connectivity index (χ1) is 13.3. The van der Waals surface area contributed by atoms with Gasteiger partial charge in [-0.3, -0.25) is 24.8 Å². The fourth-order valence-corrected chi connectivity index (χ4v) is 3.87. The maximum atomic E-state index is 12.9. The zero-order valence-electron chi connectivity index (χ0n) is 16.2. The third-order valence-electron chi connectivity index (χ3n) is 4.56. The number of carbonyl (C=O) groups excluding carboxylic acids is 1. The summed E-state index contributed by atoms with van der Waals surface area (Å²) in [6.07, 6.45) is 0. The molecule has 0 N–H and O–H groups in total. The van der Waals surface area contributed by atoms with Crippen molar-refractivity contribution in [2.75, 3.05) is 13.1 Å². The number of amides is 1. The third-order valence-corrected chi connectivity index (χ3v) is 5.65. The van der Waals surface area contributed by atoms with Crippen LogP contribution in [0, 0.1) is 10.1 Å². The SMILES string of the molecule is CC(C)(C)c1ccc(C(=O)N2CCN=C2SCc2ccc([N+](=O)[O-])cc2)cc1. The molecule has 0 fully saturated rings. The number of carbonyl (C=O) groups is 1. The van der Waals surface area contributed by atoms with Crippen LogP contribution in [0.4, 0.5) is 5.69 Å². The van der Waals surface area contributed by atoms with E-state index in [9.17, 15) is 14.9 Å². The van der Waals surface area contributed by atoms with Gasteiger partial charge in [0.2, 0.25) is 0 Å². The van der Waals surface area contributed by atoms with Gasteiger partial charge < -0.3 is 0 Å². The van der Waals surface area contributed by atoms with Crippen molar-refractivity contribution < 1.29 is 9.72 Å². The average Bonchev–Trinajstić information content (AvgIpc) is 3.14. The van der Waals surface area contributed by atoms with Crippen LogP contribution in [0.1, 0.15) is 42.3 Å². The van der Waals surface area contributed by atoms with E-state index in [1.807, 2.05) is 24.3 Å². The molecule has 2 aromatic rings. The molecule has 1 aliphatic rings. The summed E-state index contributed by atoms with van der Waals surface area (Å²) in [6.45, 7) is 7.59. The molecular weight excluding hydrogens is 374 g/mol. The first-order valence-corrected chi connectivity index (χ1v) is 10.1. The summed E-state index contributed by atoms with van der Waals surface area (Å²) in [4.78, 5) is 29.4.